The molecular weight excluding hydrogens is 408 g/mol. The largest absolute Gasteiger partial charge is 0.280 e. The lowest BCUT2D eigenvalue weighted by Gasteiger charge is -2.28. The summed E-state index contributed by atoms with van der Waals surface area (Å²) in [6.07, 6.45) is 0. The van der Waals surface area contributed by atoms with E-state index in [4.69, 9.17) is 0 Å². The van der Waals surface area contributed by atoms with E-state index in [0.717, 1.165) is 20.4 Å². The molecule has 3 aromatic carbocycles. The minimum absolute atomic E-state index is 0.385. The fourth-order valence-corrected chi connectivity index (χ4v) is 3.72. The number of amides is 3. The molecule has 1 aliphatic heterocycles. The van der Waals surface area contributed by atoms with Gasteiger partial charge in [0.1, 0.15) is 0 Å². The number of hydrogen-bond acceptors (Lipinski definition) is 3. The Hall–Kier alpha value is -2.99. The molecule has 0 saturated carbocycles. The summed E-state index contributed by atoms with van der Waals surface area (Å²) in [6, 6.07) is 17.9. The highest BCUT2D eigenvalue weighted by Crippen LogP contribution is 2.33. The van der Waals surface area contributed by atoms with Crippen molar-refractivity contribution >= 4 is 44.4 Å². The van der Waals surface area contributed by atoms with Crippen molar-refractivity contribution in [2.24, 2.45) is 0 Å². The minimum Gasteiger partial charge on any atom is -0.273 e. The number of rotatable bonds is 3. The van der Waals surface area contributed by atoms with Crippen LogP contribution in [-0.4, -0.2) is 22.7 Å². The Morgan fingerprint density at radius 1 is 0.926 bits per heavy atom. The van der Waals surface area contributed by atoms with Crippen molar-refractivity contribution in [2.45, 2.75) is 12.8 Å². The molecule has 1 N–H and O–H groups in total. The molecule has 0 radical (unpaired) electrons. The molecule has 0 saturated heterocycles. The molecule has 0 bridgehead atoms. The predicted octanol–water partition coefficient (Wildman–Crippen LogP) is 4.03. The molecule has 6 heteroatoms. The van der Waals surface area contributed by atoms with Crippen LogP contribution >= 0.6 is 15.9 Å². The number of halogens is 1. The first-order valence-corrected chi connectivity index (χ1v) is 9.24. The number of benzene rings is 3. The molecule has 0 spiro atoms. The van der Waals surface area contributed by atoms with Gasteiger partial charge in [-0.3, -0.25) is 19.8 Å². The quantitative estimate of drug-likeness (QED) is 0.647. The molecule has 1 unspecified atom stereocenters. The second-order valence-corrected chi connectivity index (χ2v) is 7.23. The number of nitrogens with one attached hydrogen (secondary N) is 1. The van der Waals surface area contributed by atoms with Gasteiger partial charge in [-0.25, -0.2) is 0 Å². The SMILES string of the molecule is CC(C(=O)NN1C(=O)c2cccc3c(Br)ccc(c23)C1=O)c1ccccc1. The Morgan fingerprint density at radius 3 is 2.30 bits per heavy atom. The Bertz CT molecular complexity index is 1070. The molecule has 0 aromatic heterocycles. The Kier molecular flexibility index (Phi) is 4.28. The predicted molar refractivity (Wildman–Crippen MR) is 105 cm³/mol. The molecule has 1 heterocycles. The van der Waals surface area contributed by atoms with Gasteiger partial charge in [0.15, 0.2) is 0 Å². The fraction of sp³-hybridized carbons (Fsp3) is 0.0952. The van der Waals surface area contributed by atoms with Gasteiger partial charge in [-0.2, -0.15) is 5.01 Å². The van der Waals surface area contributed by atoms with Crippen LogP contribution in [0.15, 0.2) is 65.1 Å². The van der Waals surface area contributed by atoms with Crippen LogP contribution < -0.4 is 5.43 Å². The Labute approximate surface area is 164 Å². The van der Waals surface area contributed by atoms with Gasteiger partial charge >= 0.3 is 0 Å². The third-order valence-electron chi connectivity index (χ3n) is 4.77. The molecule has 3 amide bonds. The summed E-state index contributed by atoms with van der Waals surface area (Å²) in [4.78, 5) is 38.4. The van der Waals surface area contributed by atoms with E-state index in [2.05, 4.69) is 21.4 Å². The molecule has 3 aromatic rings. The summed E-state index contributed by atoms with van der Waals surface area (Å²) in [5.41, 5.74) is 4.07. The van der Waals surface area contributed by atoms with Crippen LogP contribution in [0.5, 0.6) is 0 Å². The number of carbonyl (C=O) groups is 3. The summed E-state index contributed by atoms with van der Waals surface area (Å²) in [5, 5.41) is 2.20. The van der Waals surface area contributed by atoms with Crippen LogP contribution in [0.4, 0.5) is 0 Å². The van der Waals surface area contributed by atoms with E-state index in [1.807, 2.05) is 36.4 Å². The highest BCUT2D eigenvalue weighted by Gasteiger charge is 2.35. The third-order valence-corrected chi connectivity index (χ3v) is 5.46. The van der Waals surface area contributed by atoms with Crippen LogP contribution in [0, 0.1) is 0 Å². The lowest BCUT2D eigenvalue weighted by atomic mass is 9.95. The van der Waals surface area contributed by atoms with E-state index in [1.54, 1.807) is 31.2 Å². The summed E-state index contributed by atoms with van der Waals surface area (Å²) in [5.74, 6) is -2.00. The maximum absolute atomic E-state index is 12.9. The van der Waals surface area contributed by atoms with Gasteiger partial charge < -0.3 is 0 Å². The van der Waals surface area contributed by atoms with Gasteiger partial charge in [0.25, 0.3) is 11.8 Å². The second-order valence-electron chi connectivity index (χ2n) is 6.38. The van der Waals surface area contributed by atoms with Crippen molar-refractivity contribution in [3.63, 3.8) is 0 Å². The first kappa shape index (κ1) is 17.4. The van der Waals surface area contributed by atoms with Crippen LogP contribution in [0.25, 0.3) is 10.8 Å². The zero-order chi connectivity index (χ0) is 19.1. The summed E-state index contributed by atoms with van der Waals surface area (Å²) in [6.45, 7) is 1.73. The smallest absolute Gasteiger partial charge is 0.273 e. The third kappa shape index (κ3) is 2.82. The molecule has 27 heavy (non-hydrogen) atoms. The molecular formula is C21H15BrN2O3. The van der Waals surface area contributed by atoms with Crippen LogP contribution in [0.1, 0.15) is 39.1 Å². The van der Waals surface area contributed by atoms with Crippen LogP contribution in [0.2, 0.25) is 0 Å². The molecule has 4 rings (SSSR count). The van der Waals surface area contributed by atoms with Crippen molar-refractivity contribution in [3.8, 4) is 0 Å². The number of imide groups is 1. The highest BCUT2D eigenvalue weighted by atomic mass is 79.9. The first-order valence-electron chi connectivity index (χ1n) is 8.44. The van der Waals surface area contributed by atoms with E-state index >= 15 is 0 Å². The first-order chi connectivity index (χ1) is 13.0. The van der Waals surface area contributed by atoms with Gasteiger partial charge in [-0.15, -0.1) is 0 Å². The molecule has 1 aliphatic rings. The van der Waals surface area contributed by atoms with Crippen LogP contribution in [-0.2, 0) is 4.79 Å². The zero-order valence-electron chi connectivity index (χ0n) is 14.4. The van der Waals surface area contributed by atoms with Crippen molar-refractivity contribution in [1.82, 2.24) is 10.4 Å². The summed E-state index contributed by atoms with van der Waals surface area (Å²) >= 11 is 3.45. The molecule has 134 valence electrons. The van der Waals surface area contributed by atoms with Gasteiger partial charge in [0.05, 0.1) is 17.0 Å². The monoisotopic (exact) mass is 422 g/mol. The molecule has 5 nitrogen and oxygen atoms in total. The lowest BCUT2D eigenvalue weighted by Crippen LogP contribution is -2.52. The fourth-order valence-electron chi connectivity index (χ4n) is 3.26. The topological polar surface area (TPSA) is 66.5 Å². The average molecular weight is 423 g/mol. The molecule has 0 fully saturated rings. The van der Waals surface area contributed by atoms with Crippen molar-refractivity contribution in [3.05, 3.63) is 81.8 Å². The van der Waals surface area contributed by atoms with Gasteiger partial charge in [0.2, 0.25) is 5.91 Å². The zero-order valence-corrected chi connectivity index (χ0v) is 16.0. The van der Waals surface area contributed by atoms with Gasteiger partial charge in [-0.05, 0) is 36.1 Å². The number of hydrogen-bond donors (Lipinski definition) is 1. The normalized spacial score (nSPS) is 14.4. The number of nitrogens with zero attached hydrogens (tertiary/aromatic N) is 1. The lowest BCUT2D eigenvalue weighted by molar-refractivity contribution is -0.125. The standard InChI is InChI=1S/C21H15BrN2O3/c1-12(13-6-3-2-4-7-13)19(25)23-24-20(26)15-9-5-8-14-17(22)11-10-16(18(14)15)21(24)27/h2-12H,1H3,(H,23,25). The highest BCUT2D eigenvalue weighted by molar-refractivity contribution is 9.10. The summed E-state index contributed by atoms with van der Waals surface area (Å²) in [7, 11) is 0. The van der Waals surface area contributed by atoms with E-state index < -0.39 is 23.6 Å². The molecule has 1 atom stereocenters. The van der Waals surface area contributed by atoms with E-state index in [-0.39, 0.29) is 0 Å². The average Bonchev–Trinajstić information content (AvgIpc) is 2.70. The maximum atomic E-state index is 12.9. The van der Waals surface area contributed by atoms with Crippen molar-refractivity contribution < 1.29 is 14.4 Å². The number of carbonyl (C=O) groups excluding carboxylic acids is 3. The van der Waals surface area contributed by atoms with Crippen molar-refractivity contribution in [2.75, 3.05) is 0 Å². The Morgan fingerprint density at radius 2 is 1.59 bits per heavy atom. The van der Waals surface area contributed by atoms with Gasteiger partial charge in [0, 0.05) is 9.86 Å². The van der Waals surface area contributed by atoms with Gasteiger partial charge in [-0.1, -0.05) is 58.4 Å². The maximum Gasteiger partial charge on any atom is 0.280 e. The molecule has 0 aliphatic carbocycles. The van der Waals surface area contributed by atoms with E-state index in [1.165, 1.54) is 0 Å². The van der Waals surface area contributed by atoms with Crippen LogP contribution in [0.3, 0.4) is 0 Å². The summed E-state index contributed by atoms with van der Waals surface area (Å²) < 4.78 is 0.805. The minimum atomic E-state index is -0.537. The van der Waals surface area contributed by atoms with E-state index in [0.29, 0.717) is 16.5 Å². The number of hydrazine groups is 1. The van der Waals surface area contributed by atoms with Crippen molar-refractivity contribution in [1.29, 1.82) is 0 Å². The Balaban J connectivity index is 1.70. The second kappa shape index (κ2) is 6.63. The van der Waals surface area contributed by atoms with E-state index in [9.17, 15) is 14.4 Å².